The maximum Gasteiger partial charge on any atom is 0.573 e. The number of nitro groups is 1. The first-order chi connectivity index (χ1) is 10.1. The first kappa shape index (κ1) is 17.5. The molecular weight excluding hydrogens is 323 g/mol. The van der Waals surface area contributed by atoms with Crippen LogP contribution >= 0.6 is 0 Å². The lowest BCUT2D eigenvalue weighted by atomic mass is 10.2. The van der Waals surface area contributed by atoms with Crippen LogP contribution in [0.25, 0.3) is 0 Å². The van der Waals surface area contributed by atoms with Crippen molar-refractivity contribution in [3.8, 4) is 5.75 Å². The smallest absolute Gasteiger partial charge is 0.460 e. The van der Waals surface area contributed by atoms with E-state index in [2.05, 4.69) is 14.5 Å². The number of esters is 1. The molecule has 0 unspecified atom stereocenters. The van der Waals surface area contributed by atoms with Gasteiger partial charge in [0.2, 0.25) is 0 Å². The van der Waals surface area contributed by atoms with E-state index < -0.39 is 46.5 Å². The van der Waals surface area contributed by atoms with Gasteiger partial charge in [-0.1, -0.05) is 0 Å². The summed E-state index contributed by atoms with van der Waals surface area (Å²) in [6.45, 7) is 1.03. The first-order valence-electron chi connectivity index (χ1n) is 5.47. The van der Waals surface area contributed by atoms with Gasteiger partial charge in [-0.2, -0.15) is 0 Å². The van der Waals surface area contributed by atoms with Crippen LogP contribution in [0, 0.1) is 10.1 Å². The molecule has 0 aliphatic carbocycles. The standard InChI is InChI=1S/C10H7F5N2O5/c1-2-21-9(18)6-5(22-10(13,14)15)3-4(7(11)12)8(16-6)17(19)20/h3,7H,2H2,1H3. The number of nitrogens with zero attached hydrogens (tertiary/aromatic N) is 2. The van der Waals surface area contributed by atoms with Gasteiger partial charge in [-0.3, -0.25) is 0 Å². The van der Waals surface area contributed by atoms with Crippen molar-refractivity contribution in [2.75, 3.05) is 6.61 Å². The Kier molecular flexibility index (Phi) is 5.17. The van der Waals surface area contributed by atoms with Gasteiger partial charge in [0.05, 0.1) is 6.61 Å². The summed E-state index contributed by atoms with van der Waals surface area (Å²) in [6.07, 6.45) is -8.82. The number of hydrogen-bond acceptors (Lipinski definition) is 6. The van der Waals surface area contributed by atoms with Crippen LogP contribution < -0.4 is 4.74 Å². The minimum Gasteiger partial charge on any atom is -0.460 e. The molecule has 0 fully saturated rings. The van der Waals surface area contributed by atoms with Gasteiger partial charge in [0.1, 0.15) is 5.56 Å². The molecule has 0 bridgehead atoms. The number of rotatable bonds is 5. The lowest BCUT2D eigenvalue weighted by molar-refractivity contribution is -0.391. The molecule has 0 atom stereocenters. The lowest BCUT2D eigenvalue weighted by Gasteiger charge is -2.11. The van der Waals surface area contributed by atoms with E-state index in [1.807, 2.05) is 0 Å². The number of aromatic nitrogens is 1. The van der Waals surface area contributed by atoms with E-state index in [-0.39, 0.29) is 12.7 Å². The van der Waals surface area contributed by atoms with Crippen molar-refractivity contribution in [1.29, 1.82) is 0 Å². The molecule has 1 aromatic heterocycles. The SMILES string of the molecule is CCOC(=O)c1nc([N+](=O)[O-])c(C(F)F)cc1OC(F)(F)F. The molecule has 1 heterocycles. The predicted octanol–water partition coefficient (Wildman–Crippen LogP) is 3.00. The van der Waals surface area contributed by atoms with Crippen LogP contribution in [0.3, 0.4) is 0 Å². The van der Waals surface area contributed by atoms with E-state index in [4.69, 9.17) is 0 Å². The summed E-state index contributed by atoms with van der Waals surface area (Å²) >= 11 is 0. The molecule has 0 aromatic carbocycles. The van der Waals surface area contributed by atoms with Crippen molar-refractivity contribution in [1.82, 2.24) is 4.98 Å². The Labute approximate surface area is 118 Å². The molecule has 0 saturated carbocycles. The zero-order valence-electron chi connectivity index (χ0n) is 10.7. The largest absolute Gasteiger partial charge is 0.573 e. The van der Waals surface area contributed by atoms with E-state index in [9.17, 15) is 36.9 Å². The minimum atomic E-state index is -5.32. The van der Waals surface area contributed by atoms with Gasteiger partial charge < -0.3 is 19.6 Å². The molecule has 0 radical (unpaired) electrons. The van der Waals surface area contributed by atoms with Crippen LogP contribution in [0.15, 0.2) is 6.07 Å². The third kappa shape index (κ3) is 4.23. The number of pyridine rings is 1. The molecule has 0 N–H and O–H groups in total. The maximum atomic E-state index is 12.7. The third-order valence-corrected chi connectivity index (χ3v) is 2.10. The highest BCUT2D eigenvalue weighted by atomic mass is 19.4. The topological polar surface area (TPSA) is 91.6 Å². The van der Waals surface area contributed by atoms with Crippen molar-refractivity contribution >= 4 is 11.8 Å². The van der Waals surface area contributed by atoms with Crippen molar-refractivity contribution in [3.05, 3.63) is 27.4 Å². The van der Waals surface area contributed by atoms with Crippen molar-refractivity contribution in [3.63, 3.8) is 0 Å². The molecular formula is C10H7F5N2O5. The van der Waals surface area contributed by atoms with Gasteiger partial charge in [0.25, 0.3) is 6.43 Å². The van der Waals surface area contributed by atoms with Gasteiger partial charge in [-0.05, 0) is 16.8 Å². The summed E-state index contributed by atoms with van der Waals surface area (Å²) in [4.78, 5) is 23.7. The normalized spacial score (nSPS) is 11.4. The minimum absolute atomic E-state index is 0.0372. The van der Waals surface area contributed by atoms with Crippen LogP contribution in [0.5, 0.6) is 5.75 Å². The molecule has 0 saturated heterocycles. The second-order valence-electron chi connectivity index (χ2n) is 3.57. The molecule has 0 aliphatic rings. The summed E-state index contributed by atoms with van der Waals surface area (Å²) in [7, 11) is 0. The summed E-state index contributed by atoms with van der Waals surface area (Å²) in [5, 5.41) is 10.6. The second-order valence-corrected chi connectivity index (χ2v) is 3.57. The monoisotopic (exact) mass is 330 g/mol. The van der Waals surface area contributed by atoms with Crippen LogP contribution in [-0.2, 0) is 4.74 Å². The van der Waals surface area contributed by atoms with Crippen LogP contribution in [0.2, 0.25) is 0 Å². The number of carbonyl (C=O) groups excluding carboxylic acids is 1. The Morgan fingerprint density at radius 1 is 1.45 bits per heavy atom. The summed E-state index contributed by atoms with van der Waals surface area (Å²) in [6, 6.07) is 0.0372. The molecule has 0 aliphatic heterocycles. The highest BCUT2D eigenvalue weighted by Gasteiger charge is 2.38. The van der Waals surface area contributed by atoms with Gasteiger partial charge in [0.15, 0.2) is 5.75 Å². The third-order valence-electron chi connectivity index (χ3n) is 2.10. The zero-order chi connectivity index (χ0) is 17.1. The average Bonchev–Trinajstić information content (AvgIpc) is 2.36. The van der Waals surface area contributed by atoms with Crippen LogP contribution in [0.4, 0.5) is 27.8 Å². The molecule has 122 valence electrons. The summed E-state index contributed by atoms with van der Waals surface area (Å²) < 4.78 is 69.9. The van der Waals surface area contributed by atoms with E-state index >= 15 is 0 Å². The van der Waals surface area contributed by atoms with Gasteiger partial charge in [-0.15, -0.1) is 13.2 Å². The summed E-state index contributed by atoms with van der Waals surface area (Å²) in [5.41, 5.74) is -2.65. The molecule has 22 heavy (non-hydrogen) atoms. The number of carbonyl (C=O) groups is 1. The molecule has 1 aromatic rings. The van der Waals surface area contributed by atoms with Crippen molar-refractivity contribution < 1.29 is 41.1 Å². The highest BCUT2D eigenvalue weighted by molar-refractivity contribution is 5.90. The van der Waals surface area contributed by atoms with Gasteiger partial charge in [0, 0.05) is 6.07 Å². The quantitative estimate of drug-likeness (QED) is 0.357. The van der Waals surface area contributed by atoms with Gasteiger partial charge >= 0.3 is 23.8 Å². The Morgan fingerprint density at radius 3 is 2.45 bits per heavy atom. The second kappa shape index (κ2) is 6.49. The van der Waals surface area contributed by atoms with E-state index in [0.717, 1.165) is 0 Å². The lowest BCUT2D eigenvalue weighted by Crippen LogP contribution is -2.21. The molecule has 0 amide bonds. The predicted molar refractivity (Wildman–Crippen MR) is 58.5 cm³/mol. The maximum absolute atomic E-state index is 12.7. The fraction of sp³-hybridized carbons (Fsp3) is 0.400. The highest BCUT2D eigenvalue weighted by Crippen LogP contribution is 2.35. The Morgan fingerprint density at radius 2 is 2.05 bits per heavy atom. The Hall–Kier alpha value is -2.53. The van der Waals surface area contributed by atoms with Crippen molar-refractivity contribution in [2.45, 2.75) is 19.7 Å². The van der Waals surface area contributed by atoms with Crippen molar-refractivity contribution in [2.24, 2.45) is 0 Å². The average molecular weight is 330 g/mol. The first-order valence-corrected chi connectivity index (χ1v) is 5.47. The van der Waals surface area contributed by atoms with E-state index in [1.54, 1.807) is 0 Å². The van der Waals surface area contributed by atoms with Crippen LogP contribution in [-0.4, -0.2) is 28.8 Å². The fourth-order valence-corrected chi connectivity index (χ4v) is 1.35. The summed E-state index contributed by atoms with van der Waals surface area (Å²) in [5.74, 6) is -4.36. The van der Waals surface area contributed by atoms with E-state index in [1.165, 1.54) is 6.92 Å². The molecule has 1 rings (SSSR count). The van der Waals surface area contributed by atoms with Gasteiger partial charge in [-0.25, -0.2) is 13.6 Å². The Bertz CT molecular complexity index is 590. The molecule has 7 nitrogen and oxygen atoms in total. The number of alkyl halides is 5. The van der Waals surface area contributed by atoms with E-state index in [0.29, 0.717) is 0 Å². The number of ether oxygens (including phenoxy) is 2. The number of halogens is 5. The molecule has 12 heteroatoms. The Balaban J connectivity index is 3.52. The van der Waals surface area contributed by atoms with Crippen LogP contribution in [0.1, 0.15) is 29.4 Å². The zero-order valence-corrected chi connectivity index (χ0v) is 10.7. The fourth-order valence-electron chi connectivity index (χ4n) is 1.35. The molecule has 0 spiro atoms. The number of hydrogen-bond donors (Lipinski definition) is 0.